The summed E-state index contributed by atoms with van der Waals surface area (Å²) >= 11 is 1.72. The summed E-state index contributed by atoms with van der Waals surface area (Å²) in [5.41, 5.74) is 1.57. The van der Waals surface area contributed by atoms with Crippen molar-refractivity contribution in [2.24, 2.45) is 0 Å². The van der Waals surface area contributed by atoms with E-state index < -0.39 is 0 Å². The molecule has 0 atom stereocenters. The summed E-state index contributed by atoms with van der Waals surface area (Å²) in [5.74, 6) is 0.137. The van der Waals surface area contributed by atoms with Gasteiger partial charge in [-0.05, 0) is 50.2 Å². The molecule has 1 aromatic heterocycles. The van der Waals surface area contributed by atoms with Gasteiger partial charge in [0.05, 0.1) is 18.1 Å². The molecule has 5 heteroatoms. The lowest BCUT2D eigenvalue weighted by molar-refractivity contribution is -0.0361. The molecule has 0 bridgehead atoms. The highest BCUT2D eigenvalue weighted by atomic mass is 32.1. The van der Waals surface area contributed by atoms with Crippen LogP contribution in [0.15, 0.2) is 6.07 Å². The Morgan fingerprint density at radius 2 is 1.88 bits per heavy atom. The number of carbonyl (C=O) groups excluding carboxylic acids is 1. The van der Waals surface area contributed by atoms with Crippen molar-refractivity contribution in [1.82, 2.24) is 10.2 Å². The Kier molecular flexibility index (Phi) is 5.44. The highest BCUT2D eigenvalue weighted by Crippen LogP contribution is 2.34. The second kappa shape index (κ2) is 7.77. The molecule has 1 amide bonds. The zero-order valence-electron chi connectivity index (χ0n) is 15.1. The lowest BCUT2D eigenvalue weighted by Crippen LogP contribution is -2.59. The number of rotatable bonds is 4. The maximum Gasteiger partial charge on any atom is 0.261 e. The van der Waals surface area contributed by atoms with Crippen LogP contribution >= 0.6 is 11.3 Å². The van der Waals surface area contributed by atoms with Crippen LogP contribution in [-0.4, -0.2) is 49.2 Å². The average molecular weight is 363 g/mol. The summed E-state index contributed by atoms with van der Waals surface area (Å²) in [6.45, 7) is 4.45. The van der Waals surface area contributed by atoms with E-state index in [0.29, 0.717) is 0 Å². The van der Waals surface area contributed by atoms with Crippen molar-refractivity contribution in [1.29, 1.82) is 0 Å². The van der Waals surface area contributed by atoms with Gasteiger partial charge in [-0.2, -0.15) is 0 Å². The highest BCUT2D eigenvalue weighted by Gasteiger charge is 2.39. The number of fused-ring (bicyclic) bond motifs is 1. The molecule has 4 rings (SSSR count). The molecule has 2 fully saturated rings. The Hall–Kier alpha value is -0.910. The summed E-state index contributed by atoms with van der Waals surface area (Å²) in [6.07, 6.45) is 11.1. The van der Waals surface area contributed by atoms with Crippen LogP contribution in [0, 0.1) is 0 Å². The van der Waals surface area contributed by atoms with Crippen molar-refractivity contribution in [2.45, 2.75) is 63.3 Å². The highest BCUT2D eigenvalue weighted by molar-refractivity contribution is 7.14. The first-order valence-corrected chi connectivity index (χ1v) is 10.8. The number of ether oxygens (including phenoxy) is 1. The number of nitrogens with one attached hydrogen (secondary N) is 1. The SMILES string of the molecule is O=C(NCC1(N2CCOCC2)CCCCC1)c1cc2c(s1)CCCC2. The second-order valence-electron chi connectivity index (χ2n) is 7.83. The molecule has 0 spiro atoms. The van der Waals surface area contributed by atoms with Crippen molar-refractivity contribution in [3.63, 3.8) is 0 Å². The van der Waals surface area contributed by atoms with E-state index in [9.17, 15) is 4.79 Å². The van der Waals surface area contributed by atoms with E-state index in [1.165, 1.54) is 55.4 Å². The van der Waals surface area contributed by atoms with E-state index in [4.69, 9.17) is 4.74 Å². The molecular weight excluding hydrogens is 332 g/mol. The Labute approximate surface area is 154 Å². The minimum Gasteiger partial charge on any atom is -0.379 e. The largest absolute Gasteiger partial charge is 0.379 e. The van der Waals surface area contributed by atoms with Crippen LogP contribution in [0.2, 0.25) is 0 Å². The van der Waals surface area contributed by atoms with Crippen molar-refractivity contribution in [3.8, 4) is 0 Å². The molecule has 1 aliphatic heterocycles. The molecule has 25 heavy (non-hydrogen) atoms. The fourth-order valence-corrected chi connectivity index (χ4v) is 5.96. The molecule has 1 saturated heterocycles. The van der Waals surface area contributed by atoms with Crippen LogP contribution in [0.3, 0.4) is 0 Å². The van der Waals surface area contributed by atoms with Gasteiger partial charge in [0.15, 0.2) is 0 Å². The first-order chi connectivity index (χ1) is 12.3. The molecule has 138 valence electrons. The smallest absolute Gasteiger partial charge is 0.261 e. The molecule has 1 saturated carbocycles. The third-order valence-electron chi connectivity index (χ3n) is 6.26. The third kappa shape index (κ3) is 3.79. The van der Waals surface area contributed by atoms with Crippen molar-refractivity contribution in [2.75, 3.05) is 32.8 Å². The molecule has 0 unspecified atom stereocenters. The second-order valence-corrected chi connectivity index (χ2v) is 8.97. The number of hydrogen-bond acceptors (Lipinski definition) is 4. The van der Waals surface area contributed by atoms with Gasteiger partial charge in [-0.25, -0.2) is 0 Å². The average Bonchev–Trinajstić information content (AvgIpc) is 3.12. The number of amides is 1. The Morgan fingerprint density at radius 3 is 2.64 bits per heavy atom. The van der Waals surface area contributed by atoms with Crippen LogP contribution in [-0.2, 0) is 17.6 Å². The van der Waals surface area contributed by atoms with Gasteiger partial charge in [-0.1, -0.05) is 19.3 Å². The van der Waals surface area contributed by atoms with Crippen molar-refractivity contribution >= 4 is 17.2 Å². The van der Waals surface area contributed by atoms with Gasteiger partial charge in [-0.15, -0.1) is 11.3 Å². The number of carbonyl (C=O) groups is 1. The topological polar surface area (TPSA) is 41.6 Å². The number of morpholine rings is 1. The number of hydrogen-bond donors (Lipinski definition) is 1. The van der Waals surface area contributed by atoms with E-state index in [2.05, 4.69) is 16.3 Å². The Morgan fingerprint density at radius 1 is 1.12 bits per heavy atom. The molecule has 0 radical (unpaired) electrons. The molecule has 2 heterocycles. The van der Waals surface area contributed by atoms with Gasteiger partial charge in [0.25, 0.3) is 5.91 Å². The summed E-state index contributed by atoms with van der Waals surface area (Å²) in [6, 6.07) is 2.15. The monoisotopic (exact) mass is 362 g/mol. The third-order valence-corrected chi connectivity index (χ3v) is 7.50. The maximum atomic E-state index is 12.8. The maximum absolute atomic E-state index is 12.8. The molecule has 2 aliphatic carbocycles. The van der Waals surface area contributed by atoms with E-state index in [0.717, 1.165) is 50.6 Å². The minimum absolute atomic E-state index is 0.137. The molecule has 0 aromatic carbocycles. The molecule has 1 aromatic rings. The lowest BCUT2D eigenvalue weighted by atomic mass is 9.79. The van der Waals surface area contributed by atoms with Gasteiger partial charge in [0.2, 0.25) is 0 Å². The van der Waals surface area contributed by atoms with Gasteiger partial charge in [-0.3, -0.25) is 9.69 Å². The summed E-state index contributed by atoms with van der Waals surface area (Å²) in [7, 11) is 0. The normalized spacial score (nSPS) is 23.8. The molecule has 4 nitrogen and oxygen atoms in total. The fraction of sp³-hybridized carbons (Fsp3) is 0.750. The lowest BCUT2D eigenvalue weighted by Gasteiger charge is -2.48. The van der Waals surface area contributed by atoms with Crippen LogP contribution in [0.5, 0.6) is 0 Å². The van der Waals surface area contributed by atoms with Gasteiger partial charge < -0.3 is 10.1 Å². The van der Waals surface area contributed by atoms with Crippen LogP contribution in [0.1, 0.15) is 65.1 Å². The molecule has 3 aliphatic rings. The minimum atomic E-state index is 0.137. The first kappa shape index (κ1) is 17.5. The van der Waals surface area contributed by atoms with Crippen LogP contribution in [0.4, 0.5) is 0 Å². The molecular formula is C20H30N2O2S. The van der Waals surface area contributed by atoms with Crippen molar-refractivity contribution in [3.05, 3.63) is 21.4 Å². The van der Waals surface area contributed by atoms with Gasteiger partial charge in [0, 0.05) is 30.1 Å². The van der Waals surface area contributed by atoms with Crippen LogP contribution in [0.25, 0.3) is 0 Å². The van der Waals surface area contributed by atoms with Gasteiger partial charge >= 0.3 is 0 Å². The Bertz CT molecular complexity index is 577. The van der Waals surface area contributed by atoms with E-state index in [1.54, 1.807) is 11.3 Å². The Balaban J connectivity index is 1.43. The predicted molar refractivity (Wildman–Crippen MR) is 102 cm³/mol. The number of aryl methyl sites for hydroxylation is 2. The number of nitrogens with zero attached hydrogens (tertiary/aromatic N) is 1. The predicted octanol–water partition coefficient (Wildman–Crippen LogP) is 3.39. The fourth-order valence-electron chi connectivity index (χ4n) is 4.79. The first-order valence-electron chi connectivity index (χ1n) is 9.99. The quantitative estimate of drug-likeness (QED) is 0.893. The summed E-state index contributed by atoms with van der Waals surface area (Å²) in [5, 5.41) is 3.30. The van der Waals surface area contributed by atoms with Gasteiger partial charge in [0.1, 0.15) is 0 Å². The van der Waals surface area contributed by atoms with Crippen LogP contribution < -0.4 is 5.32 Å². The summed E-state index contributed by atoms with van der Waals surface area (Å²) < 4.78 is 5.55. The van der Waals surface area contributed by atoms with E-state index >= 15 is 0 Å². The zero-order chi connectivity index (χ0) is 17.1. The number of thiophene rings is 1. The molecule has 1 N–H and O–H groups in total. The van der Waals surface area contributed by atoms with E-state index in [1.807, 2.05) is 0 Å². The summed E-state index contributed by atoms with van der Waals surface area (Å²) in [4.78, 5) is 17.7. The zero-order valence-corrected chi connectivity index (χ0v) is 16.0. The standard InChI is InChI=1S/C20H30N2O2S/c23-19(18-14-16-6-2-3-7-17(16)25-18)21-15-20(8-4-1-5-9-20)22-10-12-24-13-11-22/h14H,1-13,15H2,(H,21,23). The van der Waals surface area contributed by atoms with Crippen molar-refractivity contribution < 1.29 is 9.53 Å². The van der Waals surface area contributed by atoms with E-state index in [-0.39, 0.29) is 11.4 Å².